The fraction of sp³-hybridized carbons (Fsp3) is 0.857. The molecule has 0 unspecified atom stereocenters. The van der Waals surface area contributed by atoms with Crippen molar-refractivity contribution in [2.45, 2.75) is 194 Å². The Bertz CT molecular complexity index is 578. The highest BCUT2D eigenvalue weighted by atomic mass is 14.9. The first kappa shape index (κ1) is 33.2. The van der Waals surface area contributed by atoms with Gasteiger partial charge < -0.3 is 0 Å². The lowest BCUT2D eigenvalue weighted by Crippen LogP contribution is -2.33. The minimum atomic E-state index is 1.20. The number of rotatable bonds is 27. The molecule has 0 atom stereocenters. The summed E-state index contributed by atoms with van der Waals surface area (Å²) >= 11 is 0. The first-order valence-corrected chi connectivity index (χ1v) is 16.8. The average Bonchev–Trinajstić information content (AvgIpc) is 2.89. The van der Waals surface area contributed by atoms with Gasteiger partial charge in [0.1, 0.15) is 6.54 Å². The third-order valence-electron chi connectivity index (χ3n) is 8.07. The van der Waals surface area contributed by atoms with Crippen LogP contribution < -0.4 is 4.57 Å². The van der Waals surface area contributed by atoms with Crippen LogP contribution in [-0.4, -0.2) is 0 Å². The van der Waals surface area contributed by atoms with Gasteiger partial charge in [0.05, 0.1) is 0 Å². The van der Waals surface area contributed by atoms with Crippen LogP contribution in [-0.2, 0) is 19.4 Å². The summed E-state index contributed by atoms with van der Waals surface area (Å²) in [6.45, 7) is 8.12. The number of aryl methyl sites for hydroxylation is 3. The van der Waals surface area contributed by atoms with E-state index in [1.165, 1.54) is 173 Å². The molecule has 1 heterocycles. The molecule has 0 radical (unpaired) electrons. The zero-order chi connectivity index (χ0) is 25.9. The number of hydrogen-bond donors (Lipinski definition) is 0. The van der Waals surface area contributed by atoms with Crippen LogP contribution in [0.1, 0.15) is 186 Å². The molecule has 0 aliphatic rings. The summed E-state index contributed by atoms with van der Waals surface area (Å²) in [5.74, 6) is 0. The molecule has 1 aromatic heterocycles. The van der Waals surface area contributed by atoms with Crippen LogP contribution in [0.3, 0.4) is 0 Å². The lowest BCUT2D eigenvalue weighted by Gasteiger charge is -2.10. The second kappa shape index (κ2) is 25.8. The number of unbranched alkanes of at least 4 members (excludes halogenated alkanes) is 21. The van der Waals surface area contributed by atoms with Gasteiger partial charge >= 0.3 is 0 Å². The highest BCUT2D eigenvalue weighted by molar-refractivity contribution is 5.21. The number of aromatic nitrogens is 1. The maximum atomic E-state index is 2.52. The van der Waals surface area contributed by atoms with Gasteiger partial charge in [-0.15, -0.1) is 0 Å². The van der Waals surface area contributed by atoms with Crippen LogP contribution in [0, 0.1) is 0 Å². The lowest BCUT2D eigenvalue weighted by molar-refractivity contribution is -0.697. The van der Waals surface area contributed by atoms with Crippen molar-refractivity contribution in [1.29, 1.82) is 0 Å². The van der Waals surface area contributed by atoms with Crippen molar-refractivity contribution in [2.75, 3.05) is 0 Å². The first-order chi connectivity index (χ1) is 17.8. The fourth-order valence-corrected chi connectivity index (χ4v) is 5.55. The van der Waals surface area contributed by atoms with Crippen molar-refractivity contribution in [2.24, 2.45) is 0 Å². The normalized spacial score (nSPS) is 11.4. The fourth-order valence-electron chi connectivity index (χ4n) is 5.55. The average molecular weight is 501 g/mol. The van der Waals surface area contributed by atoms with Crippen molar-refractivity contribution in [3.63, 3.8) is 0 Å². The maximum Gasteiger partial charge on any atom is 0.172 e. The summed E-state index contributed by atoms with van der Waals surface area (Å²) in [5.41, 5.74) is 3.30. The van der Waals surface area contributed by atoms with E-state index >= 15 is 0 Å². The topological polar surface area (TPSA) is 3.88 Å². The van der Waals surface area contributed by atoms with E-state index in [-0.39, 0.29) is 0 Å². The highest BCUT2D eigenvalue weighted by Gasteiger charge is 2.10. The van der Waals surface area contributed by atoms with Gasteiger partial charge in [0.25, 0.3) is 0 Å². The molecule has 0 N–H and O–H groups in total. The van der Waals surface area contributed by atoms with Crippen molar-refractivity contribution < 1.29 is 4.57 Å². The van der Waals surface area contributed by atoms with E-state index in [9.17, 15) is 0 Å². The predicted molar refractivity (Wildman–Crippen MR) is 162 cm³/mol. The Hall–Kier alpha value is -0.850. The van der Waals surface area contributed by atoms with Crippen LogP contribution in [0.4, 0.5) is 0 Å². The molecule has 0 amide bonds. The van der Waals surface area contributed by atoms with E-state index in [1.807, 2.05) is 0 Å². The molecule has 0 aliphatic heterocycles. The Morgan fingerprint density at radius 3 is 1.22 bits per heavy atom. The molecule has 1 aromatic rings. The van der Waals surface area contributed by atoms with Gasteiger partial charge in [0, 0.05) is 18.1 Å². The van der Waals surface area contributed by atoms with E-state index in [0.29, 0.717) is 0 Å². The van der Waals surface area contributed by atoms with Crippen molar-refractivity contribution in [3.8, 4) is 0 Å². The molecule has 0 fully saturated rings. The predicted octanol–water partition coefficient (Wildman–Crippen LogP) is 11.5. The zero-order valence-electron chi connectivity index (χ0n) is 25.3. The molecule has 0 bridgehead atoms. The molecular weight excluding hydrogens is 434 g/mol. The van der Waals surface area contributed by atoms with Crippen LogP contribution in [0.25, 0.3) is 0 Å². The monoisotopic (exact) mass is 501 g/mol. The molecule has 0 saturated heterocycles. The number of nitrogens with zero attached hydrogens (tertiary/aromatic N) is 1. The van der Waals surface area contributed by atoms with Gasteiger partial charge in [-0.25, -0.2) is 4.57 Å². The van der Waals surface area contributed by atoms with Gasteiger partial charge in [0.15, 0.2) is 12.4 Å². The van der Waals surface area contributed by atoms with Crippen LogP contribution in [0.2, 0.25) is 0 Å². The molecule has 1 heteroatoms. The molecule has 0 aliphatic carbocycles. The van der Waals surface area contributed by atoms with Gasteiger partial charge in [0.2, 0.25) is 0 Å². The van der Waals surface area contributed by atoms with E-state index < -0.39 is 0 Å². The Balaban J connectivity index is 2.34. The van der Waals surface area contributed by atoms with E-state index in [0.717, 1.165) is 0 Å². The Morgan fingerprint density at radius 2 is 0.778 bits per heavy atom. The Morgan fingerprint density at radius 1 is 0.417 bits per heavy atom. The van der Waals surface area contributed by atoms with E-state index in [2.05, 4.69) is 43.8 Å². The van der Waals surface area contributed by atoms with Crippen LogP contribution in [0.15, 0.2) is 18.5 Å². The molecule has 0 saturated carbocycles. The lowest BCUT2D eigenvalue weighted by atomic mass is 9.97. The van der Waals surface area contributed by atoms with Gasteiger partial charge in [-0.05, 0) is 37.7 Å². The molecule has 0 spiro atoms. The minimum absolute atomic E-state index is 1.20. The van der Waals surface area contributed by atoms with Crippen LogP contribution >= 0.6 is 0 Å². The molecule has 36 heavy (non-hydrogen) atoms. The van der Waals surface area contributed by atoms with Gasteiger partial charge in [-0.1, -0.05) is 149 Å². The third-order valence-corrected chi connectivity index (χ3v) is 8.07. The summed E-state index contributed by atoms with van der Waals surface area (Å²) in [6, 6.07) is 2.47. The summed E-state index contributed by atoms with van der Waals surface area (Å²) in [5, 5.41) is 0. The van der Waals surface area contributed by atoms with Crippen molar-refractivity contribution in [1.82, 2.24) is 0 Å². The second-order valence-electron chi connectivity index (χ2n) is 11.7. The Kier molecular flexibility index (Phi) is 23.8. The van der Waals surface area contributed by atoms with Crippen LogP contribution in [0.5, 0.6) is 0 Å². The smallest absolute Gasteiger partial charge is 0.172 e. The molecular formula is C35H66N+. The first-order valence-electron chi connectivity index (χ1n) is 16.8. The molecule has 210 valence electrons. The van der Waals surface area contributed by atoms with E-state index in [1.54, 1.807) is 11.1 Å². The van der Waals surface area contributed by atoms with Crippen molar-refractivity contribution >= 4 is 0 Å². The maximum absolute atomic E-state index is 2.52. The summed E-state index contributed by atoms with van der Waals surface area (Å²) in [7, 11) is 0. The highest BCUT2D eigenvalue weighted by Crippen LogP contribution is 2.17. The number of hydrogen-bond acceptors (Lipinski definition) is 0. The third kappa shape index (κ3) is 19.3. The molecule has 0 aromatic carbocycles. The Labute approximate surface area is 228 Å². The number of pyridine rings is 1. The minimum Gasteiger partial charge on any atom is -0.205 e. The summed E-state index contributed by atoms with van der Waals surface area (Å²) in [4.78, 5) is 0. The summed E-state index contributed by atoms with van der Waals surface area (Å²) in [6.07, 6.45) is 41.4. The van der Waals surface area contributed by atoms with Gasteiger partial charge in [-0.3, -0.25) is 0 Å². The van der Waals surface area contributed by atoms with E-state index in [4.69, 9.17) is 0 Å². The largest absolute Gasteiger partial charge is 0.205 e. The summed E-state index contributed by atoms with van der Waals surface area (Å²) < 4.78 is 2.49. The quantitative estimate of drug-likeness (QED) is 0.0835. The van der Waals surface area contributed by atoms with Crippen molar-refractivity contribution in [3.05, 3.63) is 29.6 Å². The zero-order valence-corrected chi connectivity index (χ0v) is 25.3. The molecule has 1 rings (SSSR count). The molecule has 1 nitrogen and oxygen atoms in total. The second-order valence-corrected chi connectivity index (χ2v) is 11.7. The standard InChI is InChI=1S/C35H66N/c1-4-7-10-13-15-17-19-21-23-25-28-34-30-32-36(31-27-12-9-6-3)33-35(34)29-26-24-22-20-18-16-14-11-8-5-2/h30,32-33H,4-29,31H2,1-3H3/q+1. The SMILES string of the molecule is CCCCCCCCCCCCc1cc[n+](CCCCCC)cc1CCCCCCCCCCCC. The van der Waals surface area contributed by atoms with Gasteiger partial charge in [-0.2, -0.15) is 0 Å².